The Hall–Kier alpha value is -0.523. The molecule has 1 unspecified atom stereocenters. The first-order valence-corrected chi connectivity index (χ1v) is 7.92. The van der Waals surface area contributed by atoms with E-state index in [2.05, 4.69) is 4.99 Å². The van der Waals surface area contributed by atoms with Gasteiger partial charge in [-0.2, -0.15) is 0 Å². The van der Waals surface area contributed by atoms with Crippen molar-refractivity contribution in [1.29, 1.82) is 0 Å². The van der Waals surface area contributed by atoms with E-state index < -0.39 is 8.80 Å². The Morgan fingerprint density at radius 2 is 1.59 bits per heavy atom. The molecule has 0 saturated carbocycles. The van der Waals surface area contributed by atoms with Gasteiger partial charge in [-0.3, -0.25) is 0 Å². The third-order valence-electron chi connectivity index (χ3n) is 2.38. The van der Waals surface area contributed by atoms with Crippen LogP contribution in [0.3, 0.4) is 0 Å². The van der Waals surface area contributed by atoms with E-state index in [-0.39, 0.29) is 5.54 Å². The largest absolute Gasteiger partial charge is 0.503 e. The molecular formula is C11H23NO4Si. The Morgan fingerprint density at radius 1 is 1.12 bits per heavy atom. The SMILES string of the molecule is CCO[Si](OCC)(OCC)C(C)CCN=C=O. The van der Waals surface area contributed by atoms with Gasteiger partial charge in [0.25, 0.3) is 0 Å². The van der Waals surface area contributed by atoms with Gasteiger partial charge >= 0.3 is 8.80 Å². The van der Waals surface area contributed by atoms with Crippen molar-refractivity contribution in [3.05, 3.63) is 0 Å². The maximum Gasteiger partial charge on any atom is 0.503 e. The molecule has 0 aliphatic rings. The van der Waals surface area contributed by atoms with Gasteiger partial charge in [-0.15, -0.1) is 0 Å². The second kappa shape index (κ2) is 9.50. The molecule has 0 saturated heterocycles. The zero-order valence-electron chi connectivity index (χ0n) is 11.2. The van der Waals surface area contributed by atoms with Crippen LogP contribution in [-0.4, -0.2) is 41.2 Å². The van der Waals surface area contributed by atoms with Crippen molar-refractivity contribution in [3.63, 3.8) is 0 Å². The van der Waals surface area contributed by atoms with Crippen molar-refractivity contribution in [2.24, 2.45) is 4.99 Å². The molecule has 0 fully saturated rings. The minimum absolute atomic E-state index is 0.124. The van der Waals surface area contributed by atoms with Crippen molar-refractivity contribution >= 4 is 14.9 Å². The van der Waals surface area contributed by atoms with E-state index in [1.165, 1.54) is 6.08 Å². The van der Waals surface area contributed by atoms with Gasteiger partial charge in [-0.25, -0.2) is 9.79 Å². The van der Waals surface area contributed by atoms with Gasteiger partial charge in [-0.05, 0) is 27.2 Å². The van der Waals surface area contributed by atoms with Crippen LogP contribution < -0.4 is 0 Å². The van der Waals surface area contributed by atoms with Gasteiger partial charge in [0.1, 0.15) is 0 Å². The molecule has 0 rings (SSSR count). The maximum absolute atomic E-state index is 10.0. The molecule has 0 amide bonds. The first kappa shape index (κ1) is 16.5. The average Bonchev–Trinajstić information content (AvgIpc) is 2.30. The summed E-state index contributed by atoms with van der Waals surface area (Å²) in [5.41, 5.74) is 0.124. The van der Waals surface area contributed by atoms with E-state index >= 15 is 0 Å². The Balaban J connectivity index is 4.63. The van der Waals surface area contributed by atoms with Crippen molar-refractivity contribution in [3.8, 4) is 0 Å². The lowest BCUT2D eigenvalue weighted by Crippen LogP contribution is -2.49. The lowest BCUT2D eigenvalue weighted by Gasteiger charge is -2.33. The summed E-state index contributed by atoms with van der Waals surface area (Å²) in [6.07, 6.45) is 2.25. The number of isocyanates is 1. The number of aliphatic imine (C=N–C) groups is 1. The molecule has 17 heavy (non-hydrogen) atoms. The highest BCUT2D eigenvalue weighted by molar-refractivity contribution is 6.62. The van der Waals surface area contributed by atoms with Gasteiger partial charge in [0.15, 0.2) is 0 Å². The van der Waals surface area contributed by atoms with Crippen molar-refractivity contribution in [1.82, 2.24) is 0 Å². The van der Waals surface area contributed by atoms with Crippen LogP contribution >= 0.6 is 0 Å². The quantitative estimate of drug-likeness (QED) is 0.343. The van der Waals surface area contributed by atoms with Crippen LogP contribution in [0.15, 0.2) is 4.99 Å². The van der Waals surface area contributed by atoms with Gasteiger partial charge in [-0.1, -0.05) is 6.92 Å². The van der Waals surface area contributed by atoms with Crippen LogP contribution in [0.5, 0.6) is 0 Å². The molecule has 0 aliphatic heterocycles. The molecule has 0 aromatic rings. The number of carbonyl (C=O) groups excluding carboxylic acids is 1. The molecule has 0 N–H and O–H groups in total. The van der Waals surface area contributed by atoms with Gasteiger partial charge in [0.05, 0.1) is 6.54 Å². The molecule has 0 aromatic carbocycles. The Labute approximate surface area is 105 Å². The summed E-state index contributed by atoms with van der Waals surface area (Å²) >= 11 is 0. The van der Waals surface area contributed by atoms with Gasteiger partial charge in [0, 0.05) is 25.4 Å². The van der Waals surface area contributed by atoms with Crippen molar-refractivity contribution in [2.45, 2.75) is 39.7 Å². The van der Waals surface area contributed by atoms with Crippen LogP contribution in [0, 0.1) is 0 Å². The Morgan fingerprint density at radius 3 is 1.94 bits per heavy atom. The molecule has 5 nitrogen and oxygen atoms in total. The van der Waals surface area contributed by atoms with Gasteiger partial charge in [0.2, 0.25) is 6.08 Å². The second-order valence-electron chi connectivity index (χ2n) is 3.57. The van der Waals surface area contributed by atoms with E-state index in [4.69, 9.17) is 13.3 Å². The maximum atomic E-state index is 10.0. The Bertz CT molecular complexity index is 227. The van der Waals surface area contributed by atoms with Crippen LogP contribution in [0.1, 0.15) is 34.1 Å². The summed E-state index contributed by atoms with van der Waals surface area (Å²) in [6.45, 7) is 9.93. The third kappa shape index (κ3) is 5.56. The number of rotatable bonds is 10. The lowest BCUT2D eigenvalue weighted by molar-refractivity contribution is 0.0617. The lowest BCUT2D eigenvalue weighted by atomic mass is 10.3. The minimum atomic E-state index is -2.64. The molecule has 0 heterocycles. The highest BCUT2D eigenvalue weighted by Gasteiger charge is 2.46. The summed E-state index contributed by atoms with van der Waals surface area (Å²) in [5.74, 6) is 0. The molecule has 0 bridgehead atoms. The molecule has 0 radical (unpaired) electrons. The van der Waals surface area contributed by atoms with Crippen LogP contribution in [0.4, 0.5) is 0 Å². The predicted octanol–water partition coefficient (Wildman–Crippen LogP) is 2.15. The topological polar surface area (TPSA) is 57.1 Å². The average molecular weight is 261 g/mol. The van der Waals surface area contributed by atoms with Crippen LogP contribution in [0.25, 0.3) is 0 Å². The number of nitrogens with zero attached hydrogens (tertiary/aromatic N) is 1. The summed E-state index contributed by atoms with van der Waals surface area (Å²) in [6, 6.07) is 0. The highest BCUT2D eigenvalue weighted by Crippen LogP contribution is 2.28. The number of hydrogen-bond acceptors (Lipinski definition) is 5. The zero-order chi connectivity index (χ0) is 13.1. The normalized spacial score (nSPS) is 13.2. The van der Waals surface area contributed by atoms with E-state index in [0.29, 0.717) is 32.8 Å². The minimum Gasteiger partial charge on any atom is -0.374 e. The third-order valence-corrected chi connectivity index (χ3v) is 5.95. The standard InChI is InChI=1S/C11H23NO4Si/c1-5-14-17(15-6-2,16-7-3)11(4)8-9-12-10-13/h11H,5-9H2,1-4H3. The van der Waals surface area contributed by atoms with Crippen LogP contribution in [0.2, 0.25) is 5.54 Å². The highest BCUT2D eigenvalue weighted by atomic mass is 28.4. The second-order valence-corrected chi connectivity index (χ2v) is 6.62. The Kier molecular flexibility index (Phi) is 9.21. The van der Waals surface area contributed by atoms with E-state index in [1.54, 1.807) is 0 Å². The molecule has 100 valence electrons. The monoisotopic (exact) mass is 261 g/mol. The smallest absolute Gasteiger partial charge is 0.374 e. The van der Waals surface area contributed by atoms with Gasteiger partial charge < -0.3 is 13.3 Å². The van der Waals surface area contributed by atoms with E-state index in [9.17, 15) is 4.79 Å². The molecule has 0 aliphatic carbocycles. The van der Waals surface area contributed by atoms with Crippen LogP contribution in [-0.2, 0) is 18.1 Å². The summed E-state index contributed by atoms with van der Waals surface area (Å²) in [4.78, 5) is 13.6. The fourth-order valence-electron chi connectivity index (χ4n) is 1.64. The van der Waals surface area contributed by atoms with E-state index in [0.717, 1.165) is 0 Å². The summed E-state index contributed by atoms with van der Waals surface area (Å²) in [5, 5.41) is 0. The fraction of sp³-hybridized carbons (Fsp3) is 0.909. The zero-order valence-corrected chi connectivity index (χ0v) is 12.2. The molecule has 6 heteroatoms. The molecule has 1 atom stereocenters. The van der Waals surface area contributed by atoms with Crippen molar-refractivity contribution < 1.29 is 18.1 Å². The molecule has 0 aromatic heterocycles. The van der Waals surface area contributed by atoms with Crippen molar-refractivity contribution in [2.75, 3.05) is 26.4 Å². The summed E-state index contributed by atoms with van der Waals surface area (Å²) < 4.78 is 17.3. The molecular weight excluding hydrogens is 238 g/mol. The fourth-order valence-corrected chi connectivity index (χ4v) is 4.43. The predicted molar refractivity (Wildman–Crippen MR) is 67.7 cm³/mol. The first-order valence-electron chi connectivity index (χ1n) is 6.12. The number of hydrogen-bond donors (Lipinski definition) is 0. The first-order chi connectivity index (χ1) is 8.16. The summed E-state index contributed by atoms with van der Waals surface area (Å²) in [7, 11) is -2.64. The van der Waals surface area contributed by atoms with E-state index in [1.807, 2.05) is 27.7 Å². The molecule has 0 spiro atoms.